The zero-order valence-corrected chi connectivity index (χ0v) is 9.00. The topological polar surface area (TPSA) is 86.2 Å². The number of rotatable bonds is 1. The summed E-state index contributed by atoms with van der Waals surface area (Å²) in [6.45, 7) is 0. The Bertz CT molecular complexity index is 754. The van der Waals surface area contributed by atoms with Gasteiger partial charge in [0.15, 0.2) is 0 Å². The van der Waals surface area contributed by atoms with E-state index in [9.17, 15) is 10.1 Å². The minimum atomic E-state index is -0.548. The van der Waals surface area contributed by atoms with Crippen LogP contribution in [0.1, 0.15) is 0 Å². The van der Waals surface area contributed by atoms with Gasteiger partial charge in [-0.1, -0.05) is 11.6 Å². The van der Waals surface area contributed by atoms with Crippen LogP contribution in [0.15, 0.2) is 24.4 Å². The van der Waals surface area contributed by atoms with E-state index < -0.39 is 4.92 Å². The Morgan fingerprint density at radius 3 is 2.94 bits per heavy atom. The Morgan fingerprint density at radius 1 is 1.35 bits per heavy atom. The molecule has 0 radical (unpaired) electrons. The lowest BCUT2D eigenvalue weighted by Crippen LogP contribution is -1.97. The lowest BCUT2D eigenvalue weighted by Gasteiger charge is -1.99. The van der Waals surface area contributed by atoms with Gasteiger partial charge in [-0.05, 0) is 18.2 Å². The van der Waals surface area contributed by atoms with Crippen LogP contribution in [0.25, 0.3) is 16.7 Å². The number of fused-ring (bicyclic) bond motifs is 3. The summed E-state index contributed by atoms with van der Waals surface area (Å²) >= 11 is 5.87. The second kappa shape index (κ2) is 3.36. The normalized spacial score (nSPS) is 11.1. The minimum Gasteiger partial charge on any atom is -0.258 e. The molecule has 3 rings (SSSR count). The largest absolute Gasteiger partial charge is 0.335 e. The van der Waals surface area contributed by atoms with Gasteiger partial charge in [-0.25, -0.2) is 4.52 Å². The fourth-order valence-electron chi connectivity index (χ4n) is 1.58. The first-order chi connectivity index (χ1) is 8.16. The van der Waals surface area contributed by atoms with Crippen molar-refractivity contribution in [2.45, 2.75) is 0 Å². The molecule has 8 heteroatoms. The smallest absolute Gasteiger partial charge is 0.258 e. The Kier molecular flexibility index (Phi) is 1.96. The predicted molar refractivity (Wildman–Crippen MR) is 60.0 cm³/mol. The minimum absolute atomic E-state index is 0.102. The average Bonchev–Trinajstić information content (AvgIpc) is 2.72. The van der Waals surface area contributed by atoms with Gasteiger partial charge >= 0.3 is 5.69 Å². The predicted octanol–water partition coefficient (Wildman–Crippen LogP) is 1.84. The zero-order valence-electron chi connectivity index (χ0n) is 8.24. The van der Waals surface area contributed by atoms with E-state index in [1.54, 1.807) is 18.2 Å². The van der Waals surface area contributed by atoms with Crippen molar-refractivity contribution in [1.29, 1.82) is 0 Å². The molecule has 1 aromatic carbocycles. The first-order valence-electron chi connectivity index (χ1n) is 4.61. The van der Waals surface area contributed by atoms with E-state index in [4.69, 9.17) is 11.6 Å². The van der Waals surface area contributed by atoms with E-state index in [1.165, 1.54) is 4.52 Å². The van der Waals surface area contributed by atoms with Crippen LogP contribution in [0.4, 0.5) is 5.69 Å². The molecule has 0 aliphatic heterocycles. The highest BCUT2D eigenvalue weighted by Gasteiger charge is 2.18. The summed E-state index contributed by atoms with van der Waals surface area (Å²) in [7, 11) is 0. The summed E-state index contributed by atoms with van der Waals surface area (Å²) in [5.74, 6) is 0. The zero-order chi connectivity index (χ0) is 12.0. The number of aromatic nitrogens is 4. The van der Waals surface area contributed by atoms with Gasteiger partial charge < -0.3 is 0 Å². The molecule has 0 saturated heterocycles. The Hall–Kier alpha value is -2.28. The van der Waals surface area contributed by atoms with Crippen molar-refractivity contribution in [3.63, 3.8) is 0 Å². The summed E-state index contributed by atoms with van der Waals surface area (Å²) in [5.41, 5.74) is 1.07. The molecule has 84 valence electrons. The van der Waals surface area contributed by atoms with E-state index in [2.05, 4.69) is 15.3 Å². The number of benzene rings is 1. The third kappa shape index (κ3) is 1.40. The van der Waals surface area contributed by atoms with Gasteiger partial charge in [-0.3, -0.25) is 10.1 Å². The molecule has 0 saturated carbocycles. The number of nitro groups is 1. The maximum absolute atomic E-state index is 10.7. The van der Waals surface area contributed by atoms with E-state index in [-0.39, 0.29) is 11.3 Å². The molecule has 7 nitrogen and oxygen atoms in total. The highest BCUT2D eigenvalue weighted by Crippen LogP contribution is 2.22. The van der Waals surface area contributed by atoms with E-state index in [1.807, 2.05) is 0 Å². The average molecular weight is 250 g/mol. The lowest BCUT2D eigenvalue weighted by molar-refractivity contribution is -0.383. The molecule has 0 spiro atoms. The van der Waals surface area contributed by atoms with Gasteiger partial charge in [-0.15, -0.1) is 10.2 Å². The number of nitrogens with zero attached hydrogens (tertiary/aromatic N) is 5. The van der Waals surface area contributed by atoms with Crippen LogP contribution in [0.2, 0.25) is 5.02 Å². The van der Waals surface area contributed by atoms with Gasteiger partial charge in [0, 0.05) is 5.02 Å². The van der Waals surface area contributed by atoms with Crippen LogP contribution in [-0.2, 0) is 0 Å². The molecular formula is C9H4ClN5O2. The van der Waals surface area contributed by atoms with E-state index in [0.717, 1.165) is 6.20 Å². The number of hydrogen-bond donors (Lipinski definition) is 0. The SMILES string of the molecule is O=[N+]([O-])c1cnn2c1nnc1ccc(Cl)cc12. The molecule has 0 unspecified atom stereocenters. The van der Waals surface area contributed by atoms with Gasteiger partial charge in [-0.2, -0.15) is 5.10 Å². The molecule has 0 fully saturated rings. The molecule has 0 atom stereocenters. The van der Waals surface area contributed by atoms with Gasteiger partial charge in [0.2, 0.25) is 0 Å². The first kappa shape index (κ1) is 9.91. The van der Waals surface area contributed by atoms with Crippen molar-refractivity contribution in [1.82, 2.24) is 19.8 Å². The summed E-state index contributed by atoms with van der Waals surface area (Å²) in [5, 5.41) is 22.8. The van der Waals surface area contributed by atoms with Crippen molar-refractivity contribution in [2.24, 2.45) is 0 Å². The van der Waals surface area contributed by atoms with Crippen LogP contribution in [0.3, 0.4) is 0 Å². The third-order valence-corrected chi connectivity index (χ3v) is 2.58. The standard InChI is InChI=1S/C9H4ClN5O2/c10-5-1-2-6-7(3-5)14-9(13-12-6)8(4-11-14)15(16)17/h1-4H. The van der Waals surface area contributed by atoms with Crippen molar-refractivity contribution in [3.05, 3.63) is 39.5 Å². The molecule has 0 N–H and O–H groups in total. The maximum Gasteiger partial charge on any atom is 0.335 e. The van der Waals surface area contributed by atoms with Crippen molar-refractivity contribution in [2.75, 3.05) is 0 Å². The summed E-state index contributed by atoms with van der Waals surface area (Å²) < 4.78 is 1.35. The second-order valence-electron chi connectivity index (χ2n) is 3.36. The monoisotopic (exact) mass is 249 g/mol. The molecule has 0 amide bonds. The molecule has 3 aromatic rings. The van der Waals surface area contributed by atoms with Crippen LogP contribution >= 0.6 is 11.6 Å². The highest BCUT2D eigenvalue weighted by molar-refractivity contribution is 6.31. The Balaban J connectivity index is 2.48. The highest BCUT2D eigenvalue weighted by atomic mass is 35.5. The molecule has 0 aliphatic rings. The van der Waals surface area contributed by atoms with Gasteiger partial charge in [0.1, 0.15) is 11.7 Å². The lowest BCUT2D eigenvalue weighted by atomic mass is 10.3. The third-order valence-electron chi connectivity index (χ3n) is 2.34. The van der Waals surface area contributed by atoms with E-state index in [0.29, 0.717) is 16.1 Å². The van der Waals surface area contributed by atoms with Crippen LogP contribution in [0, 0.1) is 10.1 Å². The quantitative estimate of drug-likeness (QED) is 0.485. The molecule has 0 aliphatic carbocycles. The fourth-order valence-corrected chi connectivity index (χ4v) is 1.75. The molecular weight excluding hydrogens is 246 g/mol. The van der Waals surface area contributed by atoms with Crippen LogP contribution in [-0.4, -0.2) is 24.7 Å². The summed E-state index contributed by atoms with van der Waals surface area (Å²) in [6, 6.07) is 4.98. The van der Waals surface area contributed by atoms with Crippen molar-refractivity contribution in [3.8, 4) is 0 Å². The van der Waals surface area contributed by atoms with Crippen LogP contribution in [0.5, 0.6) is 0 Å². The maximum atomic E-state index is 10.7. The van der Waals surface area contributed by atoms with Gasteiger partial charge in [0.25, 0.3) is 5.65 Å². The summed E-state index contributed by atoms with van der Waals surface area (Å²) in [4.78, 5) is 10.2. The Labute approximate surface area is 98.8 Å². The molecule has 17 heavy (non-hydrogen) atoms. The van der Waals surface area contributed by atoms with Crippen molar-refractivity contribution >= 4 is 34.0 Å². The van der Waals surface area contributed by atoms with Gasteiger partial charge in [0.05, 0.1) is 10.4 Å². The first-order valence-corrected chi connectivity index (χ1v) is 4.99. The number of halogens is 1. The fraction of sp³-hybridized carbons (Fsp3) is 0. The molecule has 2 heterocycles. The Morgan fingerprint density at radius 2 is 2.18 bits per heavy atom. The summed E-state index contributed by atoms with van der Waals surface area (Å²) in [6.07, 6.45) is 1.14. The van der Waals surface area contributed by atoms with E-state index >= 15 is 0 Å². The second-order valence-corrected chi connectivity index (χ2v) is 3.79. The molecule has 0 bridgehead atoms. The molecule has 2 aromatic heterocycles. The number of hydrogen-bond acceptors (Lipinski definition) is 5. The van der Waals surface area contributed by atoms with Crippen LogP contribution < -0.4 is 0 Å². The van der Waals surface area contributed by atoms with Crippen molar-refractivity contribution < 1.29 is 4.92 Å².